The van der Waals surface area contributed by atoms with E-state index in [0.29, 0.717) is 0 Å². The summed E-state index contributed by atoms with van der Waals surface area (Å²) in [4.78, 5) is 27.1. The largest absolute Gasteiger partial charge is 0.416 e. The summed E-state index contributed by atoms with van der Waals surface area (Å²) in [6.45, 7) is 1.23. The minimum Gasteiger partial charge on any atom is -0.394 e. The zero-order valence-corrected chi connectivity index (χ0v) is 12.4. The molecule has 0 unspecified atom stereocenters. The second-order valence-electron chi connectivity index (χ2n) is 4.44. The van der Waals surface area contributed by atoms with Crippen molar-refractivity contribution in [2.45, 2.75) is 13.1 Å². The maximum atomic E-state index is 12.6. The predicted octanol–water partition coefficient (Wildman–Crippen LogP) is 2.69. The van der Waals surface area contributed by atoms with E-state index < -0.39 is 29.0 Å². The van der Waals surface area contributed by atoms with Gasteiger partial charge in [0.25, 0.3) is 0 Å². The number of rotatable bonds is 6. The van der Waals surface area contributed by atoms with Gasteiger partial charge in [0.15, 0.2) is 5.71 Å². The molecule has 0 aromatic heterocycles. The maximum Gasteiger partial charge on any atom is 0.416 e. The average molecular weight is 325 g/mol. The van der Waals surface area contributed by atoms with Crippen LogP contribution in [0.25, 0.3) is 0 Å². The van der Waals surface area contributed by atoms with Gasteiger partial charge in [0.1, 0.15) is 0 Å². The lowest BCUT2D eigenvalue weighted by Crippen LogP contribution is -2.27. The second kappa shape index (κ2) is 7.48. The summed E-state index contributed by atoms with van der Waals surface area (Å²) >= 11 is 0. The first kappa shape index (κ1) is 18.3. The zero-order chi connectivity index (χ0) is 17.6. The van der Waals surface area contributed by atoms with Crippen LogP contribution in [0, 0.1) is 5.41 Å². The number of carbonyl (C=O) groups is 2. The van der Waals surface area contributed by atoms with Gasteiger partial charge in [-0.2, -0.15) is 13.2 Å². The third kappa shape index (κ3) is 5.17. The van der Waals surface area contributed by atoms with Gasteiger partial charge in [0.05, 0.1) is 17.0 Å². The molecular formula is C15H14F3N3O2. The molecule has 0 spiro atoms. The third-order valence-corrected chi connectivity index (χ3v) is 2.67. The van der Waals surface area contributed by atoms with Crippen LogP contribution in [0.4, 0.5) is 18.9 Å². The number of alkyl halides is 3. The molecule has 0 radical (unpaired) electrons. The Hall–Kier alpha value is -2.77. The Kier molecular flexibility index (Phi) is 5.94. The van der Waals surface area contributed by atoms with E-state index in [2.05, 4.69) is 10.3 Å². The topological polar surface area (TPSA) is 82.4 Å². The molecule has 1 rings (SSSR count). The first-order valence-electron chi connectivity index (χ1n) is 6.40. The smallest absolute Gasteiger partial charge is 0.394 e. The molecule has 1 aromatic carbocycles. The van der Waals surface area contributed by atoms with Crippen molar-refractivity contribution < 1.29 is 22.8 Å². The number of hydrogen-bond acceptors (Lipinski definition) is 5. The predicted molar refractivity (Wildman–Crippen MR) is 80.2 cm³/mol. The number of ketones is 2. The Bertz CT molecular complexity index is 691. The number of allylic oxidation sites excluding steroid dienone is 1. The monoisotopic (exact) mass is 325 g/mol. The van der Waals surface area contributed by atoms with Crippen LogP contribution in [0.3, 0.4) is 0 Å². The van der Waals surface area contributed by atoms with E-state index in [4.69, 9.17) is 5.41 Å². The molecule has 2 N–H and O–H groups in total. The molecule has 0 bridgehead atoms. The van der Waals surface area contributed by atoms with Crippen LogP contribution >= 0.6 is 0 Å². The number of hydrogen-bond donors (Lipinski definition) is 2. The molecule has 0 saturated heterocycles. The molecule has 0 heterocycles. The highest BCUT2D eigenvalue weighted by Crippen LogP contribution is 2.31. The highest BCUT2D eigenvalue weighted by Gasteiger charge is 2.30. The Labute approximate surface area is 130 Å². The van der Waals surface area contributed by atoms with Crippen molar-refractivity contribution >= 4 is 28.7 Å². The number of halogens is 3. The van der Waals surface area contributed by atoms with E-state index in [1.165, 1.54) is 26.2 Å². The minimum atomic E-state index is -4.52. The van der Waals surface area contributed by atoms with E-state index in [1.807, 2.05) is 0 Å². The number of aliphatic imine (C=N–C) groups is 1. The van der Waals surface area contributed by atoms with E-state index in [9.17, 15) is 22.8 Å². The average Bonchev–Trinajstić information content (AvgIpc) is 2.50. The molecule has 8 heteroatoms. The SMILES string of the molecule is CN/C=C/C(=O)C(=N)C(=O)C(C)=Nc1cccc(C(F)(F)F)c1. The number of Topliss-reactive ketones (excluding diaryl/α,β-unsaturated/α-hetero) is 1. The van der Waals surface area contributed by atoms with Gasteiger partial charge in [-0.15, -0.1) is 0 Å². The molecule has 0 aliphatic heterocycles. The summed E-state index contributed by atoms with van der Waals surface area (Å²) in [6.07, 6.45) is -2.27. The van der Waals surface area contributed by atoms with Crippen molar-refractivity contribution in [2.24, 2.45) is 4.99 Å². The van der Waals surface area contributed by atoms with Gasteiger partial charge in [-0.25, -0.2) is 4.99 Å². The minimum absolute atomic E-state index is 0.0864. The molecule has 0 aliphatic rings. The Morgan fingerprint density at radius 3 is 2.52 bits per heavy atom. The van der Waals surface area contributed by atoms with Gasteiger partial charge in [-0.1, -0.05) is 6.07 Å². The van der Waals surface area contributed by atoms with Crippen LogP contribution < -0.4 is 5.32 Å². The Morgan fingerprint density at radius 2 is 1.96 bits per heavy atom. The summed E-state index contributed by atoms with van der Waals surface area (Å²) in [6, 6.07) is 4.11. The molecule has 23 heavy (non-hydrogen) atoms. The van der Waals surface area contributed by atoms with Crippen LogP contribution in [-0.2, 0) is 15.8 Å². The summed E-state index contributed by atoms with van der Waals surface area (Å²) in [7, 11) is 1.54. The molecule has 1 aromatic rings. The summed E-state index contributed by atoms with van der Waals surface area (Å²) in [5.74, 6) is -1.78. The summed E-state index contributed by atoms with van der Waals surface area (Å²) < 4.78 is 37.8. The summed E-state index contributed by atoms with van der Waals surface area (Å²) in [5, 5.41) is 10.0. The van der Waals surface area contributed by atoms with Crippen LogP contribution in [0.2, 0.25) is 0 Å². The standard InChI is InChI=1S/C15H14F3N3O2/c1-9(14(23)13(19)12(22)6-7-20-2)21-11-5-3-4-10(8-11)15(16,17)18/h3-8,19-20H,1-2H3/b7-6+,19-13?,21-9?. The van der Waals surface area contributed by atoms with E-state index in [0.717, 1.165) is 24.3 Å². The van der Waals surface area contributed by atoms with E-state index in [1.54, 1.807) is 0 Å². The number of benzene rings is 1. The van der Waals surface area contributed by atoms with Crippen LogP contribution in [0.5, 0.6) is 0 Å². The lowest BCUT2D eigenvalue weighted by molar-refractivity contribution is -0.137. The van der Waals surface area contributed by atoms with Crippen LogP contribution in [-0.4, -0.2) is 30.0 Å². The van der Waals surface area contributed by atoms with Gasteiger partial charge in [-0.05, 0) is 25.1 Å². The highest BCUT2D eigenvalue weighted by molar-refractivity contribution is 6.80. The normalized spacial score (nSPS) is 12.3. The third-order valence-electron chi connectivity index (χ3n) is 2.67. The molecule has 0 aliphatic carbocycles. The first-order valence-corrected chi connectivity index (χ1v) is 6.40. The Morgan fingerprint density at radius 1 is 1.30 bits per heavy atom. The lowest BCUT2D eigenvalue weighted by Gasteiger charge is -2.07. The van der Waals surface area contributed by atoms with Gasteiger partial charge in [0, 0.05) is 19.3 Å². The van der Waals surface area contributed by atoms with Crippen molar-refractivity contribution in [3.05, 3.63) is 42.1 Å². The molecular weight excluding hydrogens is 311 g/mol. The molecule has 5 nitrogen and oxygen atoms in total. The van der Waals surface area contributed by atoms with Crippen molar-refractivity contribution in [1.29, 1.82) is 5.41 Å². The van der Waals surface area contributed by atoms with Gasteiger partial charge >= 0.3 is 6.18 Å². The van der Waals surface area contributed by atoms with Gasteiger partial charge in [0.2, 0.25) is 11.6 Å². The molecule has 0 saturated carbocycles. The molecule has 0 fully saturated rings. The quantitative estimate of drug-likeness (QED) is 0.479. The summed E-state index contributed by atoms with van der Waals surface area (Å²) in [5.41, 5.74) is -2.05. The zero-order valence-electron chi connectivity index (χ0n) is 12.4. The Balaban J connectivity index is 3.00. The molecule has 122 valence electrons. The number of nitrogens with one attached hydrogen (secondary N) is 2. The molecule has 0 amide bonds. The van der Waals surface area contributed by atoms with Crippen molar-refractivity contribution in [3.8, 4) is 0 Å². The highest BCUT2D eigenvalue weighted by atomic mass is 19.4. The lowest BCUT2D eigenvalue weighted by atomic mass is 10.1. The fourth-order valence-electron chi connectivity index (χ4n) is 1.53. The second-order valence-corrected chi connectivity index (χ2v) is 4.44. The van der Waals surface area contributed by atoms with Crippen molar-refractivity contribution in [1.82, 2.24) is 5.32 Å². The van der Waals surface area contributed by atoms with Crippen LogP contribution in [0.1, 0.15) is 12.5 Å². The van der Waals surface area contributed by atoms with Crippen molar-refractivity contribution in [3.63, 3.8) is 0 Å². The molecule has 0 atom stereocenters. The van der Waals surface area contributed by atoms with E-state index >= 15 is 0 Å². The number of carbonyl (C=O) groups excluding carboxylic acids is 2. The first-order chi connectivity index (χ1) is 10.7. The fraction of sp³-hybridized carbons (Fsp3) is 0.200. The maximum absolute atomic E-state index is 12.6. The van der Waals surface area contributed by atoms with Gasteiger partial charge in [-0.3, -0.25) is 15.0 Å². The van der Waals surface area contributed by atoms with Crippen molar-refractivity contribution in [2.75, 3.05) is 7.05 Å². The van der Waals surface area contributed by atoms with Crippen LogP contribution in [0.15, 0.2) is 41.5 Å². The fourth-order valence-corrected chi connectivity index (χ4v) is 1.53. The van der Waals surface area contributed by atoms with Gasteiger partial charge < -0.3 is 5.32 Å². The van der Waals surface area contributed by atoms with E-state index in [-0.39, 0.29) is 11.4 Å². The number of nitrogens with zero attached hydrogens (tertiary/aromatic N) is 1.